The quantitative estimate of drug-likeness (QED) is 0.473. The number of hydrogen-bond donors (Lipinski definition) is 3. The maximum atomic E-state index is 13.4. The van der Waals surface area contributed by atoms with Crippen LogP contribution < -0.4 is 16.0 Å². The standard InChI is InChI=1S/C29H34N4O2/c1-20-9-11-22(12-10-20)25-19-27(25)31-14-13-26(29(35)33-17-15-30-16-18-33)32-28(34)24-8-4-6-21-5-2-3-7-23(21)24/h2-12,25-27,30-31H,13-19H2,1H3,(H,32,34)/t25-,26-,27+/m0/s1. The van der Waals surface area contributed by atoms with Gasteiger partial charge in [-0.1, -0.05) is 66.2 Å². The first-order valence-electron chi connectivity index (χ1n) is 12.7. The van der Waals surface area contributed by atoms with Crippen LogP contribution in [0.3, 0.4) is 0 Å². The number of carbonyl (C=O) groups excluding carboxylic acids is 2. The summed E-state index contributed by atoms with van der Waals surface area (Å²) >= 11 is 0. The molecule has 2 fully saturated rings. The molecule has 182 valence electrons. The number of nitrogens with one attached hydrogen (secondary N) is 3. The van der Waals surface area contributed by atoms with E-state index in [2.05, 4.69) is 47.1 Å². The summed E-state index contributed by atoms with van der Waals surface area (Å²) in [6.07, 6.45) is 1.68. The molecule has 35 heavy (non-hydrogen) atoms. The molecule has 3 atom stereocenters. The van der Waals surface area contributed by atoms with Crippen molar-refractivity contribution in [1.82, 2.24) is 20.9 Å². The zero-order chi connectivity index (χ0) is 24.2. The number of piperazine rings is 1. The van der Waals surface area contributed by atoms with Crippen LogP contribution in [0.5, 0.6) is 0 Å². The Kier molecular flexibility index (Phi) is 7.11. The van der Waals surface area contributed by atoms with Crippen LogP contribution in [0.25, 0.3) is 10.8 Å². The third-order valence-electron chi connectivity index (χ3n) is 7.20. The summed E-state index contributed by atoms with van der Waals surface area (Å²) in [4.78, 5) is 28.6. The van der Waals surface area contributed by atoms with E-state index in [0.717, 1.165) is 30.3 Å². The predicted octanol–water partition coefficient (Wildman–Crippen LogP) is 3.21. The Morgan fingerprint density at radius 3 is 2.54 bits per heavy atom. The molecule has 0 bridgehead atoms. The summed E-state index contributed by atoms with van der Waals surface area (Å²) < 4.78 is 0. The lowest BCUT2D eigenvalue weighted by molar-refractivity contribution is -0.134. The first-order chi connectivity index (χ1) is 17.1. The third kappa shape index (κ3) is 5.55. The molecule has 3 N–H and O–H groups in total. The molecule has 2 aliphatic rings. The number of amides is 2. The molecule has 1 saturated heterocycles. The summed E-state index contributed by atoms with van der Waals surface area (Å²) in [6, 6.07) is 22.2. The largest absolute Gasteiger partial charge is 0.340 e. The Bertz CT molecular complexity index is 1180. The van der Waals surface area contributed by atoms with Gasteiger partial charge in [-0.25, -0.2) is 0 Å². The summed E-state index contributed by atoms with van der Waals surface area (Å²) in [5.41, 5.74) is 3.25. The van der Waals surface area contributed by atoms with E-state index in [9.17, 15) is 9.59 Å². The van der Waals surface area contributed by atoms with Crippen LogP contribution in [0.4, 0.5) is 0 Å². The van der Waals surface area contributed by atoms with Crippen molar-refractivity contribution in [3.8, 4) is 0 Å². The van der Waals surface area contributed by atoms with Gasteiger partial charge in [0.25, 0.3) is 5.91 Å². The van der Waals surface area contributed by atoms with Crippen molar-refractivity contribution in [2.45, 2.75) is 37.8 Å². The van der Waals surface area contributed by atoms with Crippen LogP contribution in [0.2, 0.25) is 0 Å². The smallest absolute Gasteiger partial charge is 0.252 e. The van der Waals surface area contributed by atoms with Gasteiger partial charge < -0.3 is 20.9 Å². The van der Waals surface area contributed by atoms with E-state index in [1.54, 1.807) is 0 Å². The molecule has 0 aromatic heterocycles. The molecule has 1 aliphatic heterocycles. The Balaban J connectivity index is 1.24. The lowest BCUT2D eigenvalue weighted by Gasteiger charge is -2.31. The van der Waals surface area contributed by atoms with E-state index in [-0.39, 0.29) is 11.8 Å². The molecule has 3 aromatic rings. The number of carbonyl (C=O) groups is 2. The Hall–Kier alpha value is -3.22. The van der Waals surface area contributed by atoms with E-state index in [4.69, 9.17) is 0 Å². The molecule has 2 amide bonds. The minimum absolute atomic E-state index is 0.00719. The SMILES string of the molecule is Cc1ccc([C@@H]2C[C@H]2NCC[C@H](NC(=O)c2cccc3ccccc23)C(=O)N2CCNCC2)cc1. The maximum Gasteiger partial charge on any atom is 0.252 e. The van der Waals surface area contributed by atoms with Crippen molar-refractivity contribution < 1.29 is 9.59 Å². The van der Waals surface area contributed by atoms with Gasteiger partial charge in [0.15, 0.2) is 0 Å². The zero-order valence-electron chi connectivity index (χ0n) is 20.3. The Morgan fingerprint density at radius 1 is 1.00 bits per heavy atom. The monoisotopic (exact) mass is 470 g/mol. The highest BCUT2D eigenvalue weighted by Gasteiger charge is 2.38. The Labute approximate surface area is 207 Å². The van der Waals surface area contributed by atoms with Crippen LogP contribution in [-0.2, 0) is 4.79 Å². The van der Waals surface area contributed by atoms with Gasteiger partial charge in [0, 0.05) is 43.7 Å². The first-order valence-corrected chi connectivity index (χ1v) is 12.7. The summed E-state index contributed by atoms with van der Waals surface area (Å²) in [5, 5.41) is 11.9. The van der Waals surface area contributed by atoms with Gasteiger partial charge in [-0.2, -0.15) is 0 Å². The molecular formula is C29H34N4O2. The van der Waals surface area contributed by atoms with Crippen molar-refractivity contribution in [3.05, 3.63) is 83.4 Å². The zero-order valence-corrected chi connectivity index (χ0v) is 20.3. The summed E-state index contributed by atoms with van der Waals surface area (Å²) in [6.45, 7) is 5.71. The number of hydrogen-bond acceptors (Lipinski definition) is 4. The molecule has 6 heteroatoms. The maximum absolute atomic E-state index is 13.4. The van der Waals surface area contributed by atoms with E-state index >= 15 is 0 Å². The highest BCUT2D eigenvalue weighted by Crippen LogP contribution is 2.40. The van der Waals surface area contributed by atoms with Crippen molar-refractivity contribution in [2.75, 3.05) is 32.7 Å². The van der Waals surface area contributed by atoms with Gasteiger partial charge >= 0.3 is 0 Å². The average Bonchev–Trinajstić information content (AvgIpc) is 3.67. The van der Waals surface area contributed by atoms with E-state index < -0.39 is 6.04 Å². The highest BCUT2D eigenvalue weighted by atomic mass is 16.2. The fourth-order valence-corrected chi connectivity index (χ4v) is 5.04. The fourth-order valence-electron chi connectivity index (χ4n) is 5.04. The number of benzene rings is 3. The fraction of sp³-hybridized carbons (Fsp3) is 0.379. The van der Waals surface area contributed by atoms with Gasteiger partial charge in [-0.15, -0.1) is 0 Å². The molecule has 1 aliphatic carbocycles. The van der Waals surface area contributed by atoms with Crippen LogP contribution in [0.15, 0.2) is 66.7 Å². The minimum atomic E-state index is -0.552. The second-order valence-corrected chi connectivity index (χ2v) is 9.73. The molecule has 6 nitrogen and oxygen atoms in total. The Morgan fingerprint density at radius 2 is 1.74 bits per heavy atom. The summed E-state index contributed by atoms with van der Waals surface area (Å²) in [5.74, 6) is 0.343. The van der Waals surface area contributed by atoms with Gasteiger partial charge in [-0.05, 0) is 48.7 Å². The van der Waals surface area contributed by atoms with Crippen LogP contribution in [0.1, 0.15) is 40.2 Å². The molecule has 0 unspecified atom stereocenters. The normalized spacial score (nSPS) is 20.4. The second kappa shape index (κ2) is 10.6. The lowest BCUT2D eigenvalue weighted by Crippen LogP contribution is -2.54. The van der Waals surface area contributed by atoms with E-state index in [1.165, 1.54) is 11.1 Å². The van der Waals surface area contributed by atoms with Crippen LogP contribution in [-0.4, -0.2) is 61.5 Å². The molecular weight excluding hydrogens is 436 g/mol. The van der Waals surface area contributed by atoms with Gasteiger partial charge in [0.2, 0.25) is 5.91 Å². The van der Waals surface area contributed by atoms with Crippen LogP contribution in [0, 0.1) is 6.92 Å². The number of fused-ring (bicyclic) bond motifs is 1. The van der Waals surface area contributed by atoms with Crippen molar-refractivity contribution in [2.24, 2.45) is 0 Å². The van der Waals surface area contributed by atoms with Gasteiger partial charge in [-0.3, -0.25) is 9.59 Å². The third-order valence-corrected chi connectivity index (χ3v) is 7.20. The highest BCUT2D eigenvalue weighted by molar-refractivity contribution is 6.08. The molecule has 0 radical (unpaired) electrons. The molecule has 3 aromatic carbocycles. The first kappa shape index (κ1) is 23.5. The van der Waals surface area contributed by atoms with Gasteiger partial charge in [0.05, 0.1) is 0 Å². The van der Waals surface area contributed by atoms with E-state index in [0.29, 0.717) is 43.6 Å². The molecule has 1 saturated carbocycles. The predicted molar refractivity (Wildman–Crippen MR) is 140 cm³/mol. The number of aryl methyl sites for hydroxylation is 1. The van der Waals surface area contributed by atoms with Crippen molar-refractivity contribution in [1.29, 1.82) is 0 Å². The molecule has 0 spiro atoms. The van der Waals surface area contributed by atoms with Gasteiger partial charge in [0.1, 0.15) is 6.04 Å². The van der Waals surface area contributed by atoms with Crippen molar-refractivity contribution in [3.63, 3.8) is 0 Å². The molecule has 5 rings (SSSR count). The van der Waals surface area contributed by atoms with E-state index in [1.807, 2.05) is 47.4 Å². The van der Waals surface area contributed by atoms with Crippen LogP contribution >= 0.6 is 0 Å². The topological polar surface area (TPSA) is 73.5 Å². The minimum Gasteiger partial charge on any atom is -0.340 e. The van der Waals surface area contributed by atoms with Crippen molar-refractivity contribution >= 4 is 22.6 Å². The average molecular weight is 471 g/mol. The second-order valence-electron chi connectivity index (χ2n) is 9.73. The lowest BCUT2D eigenvalue weighted by atomic mass is 10.0. The molecule has 1 heterocycles. The number of rotatable bonds is 8. The number of nitrogens with zero attached hydrogens (tertiary/aromatic N) is 1. The summed E-state index contributed by atoms with van der Waals surface area (Å²) in [7, 11) is 0.